The molecule has 4 aliphatic rings. The minimum Gasteiger partial charge on any atom is -0.396 e. The lowest BCUT2D eigenvalue weighted by Crippen LogP contribution is -2.59. The molecule has 1 aromatic rings. The van der Waals surface area contributed by atoms with E-state index in [9.17, 15) is 26.7 Å². The number of rotatable bonds is 10. The maximum absolute atomic E-state index is 14.0. The lowest BCUT2D eigenvalue weighted by atomic mass is 9.69. The molecule has 5 rings (SSSR count). The second-order valence-electron chi connectivity index (χ2n) is 13.5. The number of aliphatic hydroxyl groups excluding tert-OH is 1. The number of hydrogen-bond acceptors (Lipinski definition) is 8. The average molecular weight is 625 g/mol. The number of sulfone groups is 1. The molecule has 3 N–H and O–H groups in total. The molecule has 12 heteroatoms. The predicted molar refractivity (Wildman–Crippen MR) is 165 cm³/mol. The Labute approximate surface area is 251 Å². The Morgan fingerprint density at radius 3 is 2.38 bits per heavy atom. The minimum atomic E-state index is -3.59. The van der Waals surface area contributed by atoms with Gasteiger partial charge in [0.1, 0.15) is 9.84 Å². The highest BCUT2D eigenvalue weighted by molar-refractivity contribution is 7.91. The van der Waals surface area contributed by atoms with Gasteiger partial charge < -0.3 is 20.6 Å². The van der Waals surface area contributed by atoms with E-state index in [4.69, 9.17) is 0 Å². The summed E-state index contributed by atoms with van der Waals surface area (Å²) in [6, 6.07) is 7.13. The highest BCUT2D eigenvalue weighted by Crippen LogP contribution is 2.66. The molecule has 1 amide bonds. The topological polar surface area (TPSA) is 136 Å². The number of carbonyl (C=O) groups excluding carboxylic acids is 1. The second kappa shape index (κ2) is 12.0. The van der Waals surface area contributed by atoms with Crippen LogP contribution in [0.4, 0.5) is 5.69 Å². The van der Waals surface area contributed by atoms with E-state index in [0.717, 1.165) is 24.9 Å². The normalized spacial score (nSPS) is 30.3. The molecule has 236 valence electrons. The van der Waals surface area contributed by atoms with E-state index in [0.29, 0.717) is 44.9 Å². The Morgan fingerprint density at radius 1 is 1.10 bits per heavy atom. The zero-order valence-electron chi connectivity index (χ0n) is 25.2. The molecule has 2 bridgehead atoms. The van der Waals surface area contributed by atoms with Crippen LogP contribution in [0.25, 0.3) is 0 Å². The number of sulfonamides is 1. The standard InChI is InChI=1S/C30H48N4O6S2/c1-22-6-4-5-7-26(22)33-13-15-34(16-14-33)42(39,40)21-30-12-8-23(29(30,2)3)20-27(30)32-28(36)25(9-17-35)31-24-10-18-41(37,38)19-11-24/h4-7,23-25,27,31,35H,8-21H2,1-3H3,(H,32,36)/t23?,25-,27?,30?/m0/s1. The fraction of sp³-hybridized carbons (Fsp3) is 0.767. The monoisotopic (exact) mass is 624 g/mol. The molecular formula is C30H48N4O6S2. The van der Waals surface area contributed by atoms with Crippen LogP contribution in [0.5, 0.6) is 0 Å². The number of nitrogens with zero attached hydrogens (tertiary/aromatic N) is 2. The number of amides is 1. The molecule has 2 aliphatic carbocycles. The van der Waals surface area contributed by atoms with Gasteiger partial charge in [-0.15, -0.1) is 0 Å². The van der Waals surface area contributed by atoms with Gasteiger partial charge in [-0.05, 0) is 68.4 Å². The van der Waals surface area contributed by atoms with Crippen molar-refractivity contribution in [3.63, 3.8) is 0 Å². The summed E-state index contributed by atoms with van der Waals surface area (Å²) >= 11 is 0. The smallest absolute Gasteiger partial charge is 0.237 e. The van der Waals surface area contributed by atoms with E-state index in [1.807, 2.05) is 12.1 Å². The van der Waals surface area contributed by atoms with Crippen LogP contribution in [0.1, 0.15) is 57.9 Å². The number of carbonyl (C=O) groups is 1. The fourth-order valence-electron chi connectivity index (χ4n) is 8.20. The Kier molecular flexibility index (Phi) is 9.04. The van der Waals surface area contributed by atoms with E-state index in [2.05, 4.69) is 48.4 Å². The summed E-state index contributed by atoms with van der Waals surface area (Å²) in [4.78, 5) is 15.9. The van der Waals surface area contributed by atoms with Crippen molar-refractivity contribution in [3.8, 4) is 0 Å². The van der Waals surface area contributed by atoms with E-state index in [-0.39, 0.29) is 53.7 Å². The molecule has 2 saturated carbocycles. The van der Waals surface area contributed by atoms with Crippen LogP contribution in [0.2, 0.25) is 0 Å². The van der Waals surface area contributed by atoms with Gasteiger partial charge in [-0.25, -0.2) is 16.8 Å². The molecule has 42 heavy (non-hydrogen) atoms. The lowest BCUT2D eigenvalue weighted by Gasteiger charge is -2.44. The molecule has 0 aromatic heterocycles. The van der Waals surface area contributed by atoms with E-state index >= 15 is 0 Å². The third-order valence-corrected chi connectivity index (χ3v) is 14.7. The van der Waals surface area contributed by atoms with Gasteiger partial charge in [0.15, 0.2) is 0 Å². The number of anilines is 1. The maximum atomic E-state index is 14.0. The number of fused-ring (bicyclic) bond motifs is 2. The second-order valence-corrected chi connectivity index (χ2v) is 17.8. The summed E-state index contributed by atoms with van der Waals surface area (Å²) in [5.74, 6) is 0.281. The van der Waals surface area contributed by atoms with Crippen molar-refractivity contribution in [2.45, 2.75) is 77.4 Å². The van der Waals surface area contributed by atoms with Gasteiger partial charge in [0.2, 0.25) is 15.9 Å². The summed E-state index contributed by atoms with van der Waals surface area (Å²) in [5.41, 5.74) is 1.49. The van der Waals surface area contributed by atoms with Crippen LogP contribution < -0.4 is 15.5 Å². The number of nitrogens with one attached hydrogen (secondary N) is 2. The Balaban J connectivity index is 1.27. The number of aryl methyl sites for hydroxylation is 1. The molecule has 2 heterocycles. The zero-order chi connectivity index (χ0) is 30.3. The lowest BCUT2D eigenvalue weighted by molar-refractivity contribution is -0.125. The largest absolute Gasteiger partial charge is 0.396 e. The molecule has 4 fully saturated rings. The SMILES string of the molecule is Cc1ccccc1N1CCN(S(=O)(=O)CC23CCC(CC2NC(=O)[C@H](CCO)NC2CCS(=O)(=O)CC2)C3(C)C)CC1. The molecule has 0 spiro atoms. The van der Waals surface area contributed by atoms with Crippen LogP contribution in [-0.2, 0) is 24.7 Å². The van der Waals surface area contributed by atoms with Crippen molar-refractivity contribution in [1.29, 1.82) is 0 Å². The highest BCUT2D eigenvalue weighted by atomic mass is 32.2. The van der Waals surface area contributed by atoms with E-state index < -0.39 is 31.3 Å². The van der Waals surface area contributed by atoms with Gasteiger partial charge in [0.05, 0.1) is 23.3 Å². The van der Waals surface area contributed by atoms with E-state index in [1.54, 1.807) is 4.31 Å². The fourth-order valence-corrected chi connectivity index (χ4v) is 12.0. The van der Waals surface area contributed by atoms with Crippen LogP contribution in [0, 0.1) is 23.7 Å². The summed E-state index contributed by atoms with van der Waals surface area (Å²) in [7, 11) is -6.62. The van der Waals surface area contributed by atoms with Gasteiger partial charge in [-0.2, -0.15) is 4.31 Å². The number of para-hydroxylation sites is 1. The maximum Gasteiger partial charge on any atom is 0.237 e. The molecule has 10 nitrogen and oxygen atoms in total. The molecule has 3 unspecified atom stereocenters. The Morgan fingerprint density at radius 2 is 1.76 bits per heavy atom. The number of piperazine rings is 1. The highest BCUT2D eigenvalue weighted by Gasteiger charge is 2.66. The Hall–Kier alpha value is -1.73. The number of benzene rings is 1. The molecule has 0 radical (unpaired) electrons. The van der Waals surface area contributed by atoms with Crippen LogP contribution in [0.15, 0.2) is 24.3 Å². The number of hydrogen-bond donors (Lipinski definition) is 3. The zero-order valence-corrected chi connectivity index (χ0v) is 26.9. The average Bonchev–Trinajstić information content (AvgIpc) is 3.29. The van der Waals surface area contributed by atoms with Crippen LogP contribution in [-0.4, -0.2) is 100 Å². The summed E-state index contributed by atoms with van der Waals surface area (Å²) < 4.78 is 53.4. The van der Waals surface area contributed by atoms with Crippen molar-refractivity contribution < 1.29 is 26.7 Å². The third-order valence-electron chi connectivity index (χ3n) is 11.0. The van der Waals surface area contributed by atoms with Gasteiger partial charge >= 0.3 is 0 Å². The van der Waals surface area contributed by atoms with E-state index in [1.165, 1.54) is 5.56 Å². The van der Waals surface area contributed by atoms with Crippen LogP contribution in [0.3, 0.4) is 0 Å². The molecule has 2 aliphatic heterocycles. The molecule has 4 atom stereocenters. The van der Waals surface area contributed by atoms with Crippen molar-refractivity contribution >= 4 is 31.5 Å². The first-order valence-corrected chi connectivity index (χ1v) is 18.9. The van der Waals surface area contributed by atoms with Crippen LogP contribution >= 0.6 is 0 Å². The predicted octanol–water partition coefficient (Wildman–Crippen LogP) is 1.68. The summed E-state index contributed by atoms with van der Waals surface area (Å²) in [6.07, 6.45) is 3.53. The van der Waals surface area contributed by atoms with Crippen molar-refractivity contribution in [2.24, 2.45) is 16.7 Å². The summed E-state index contributed by atoms with van der Waals surface area (Å²) in [6.45, 7) is 8.37. The first-order valence-electron chi connectivity index (χ1n) is 15.4. The first kappa shape index (κ1) is 31.7. The van der Waals surface area contributed by atoms with Gasteiger partial charge in [0.25, 0.3) is 0 Å². The van der Waals surface area contributed by atoms with Crippen molar-refractivity contribution in [3.05, 3.63) is 29.8 Å². The molecular weight excluding hydrogens is 576 g/mol. The Bertz CT molecular complexity index is 1350. The minimum absolute atomic E-state index is 0.0113. The summed E-state index contributed by atoms with van der Waals surface area (Å²) in [5, 5.41) is 16.2. The van der Waals surface area contributed by atoms with Crippen molar-refractivity contribution in [1.82, 2.24) is 14.9 Å². The molecule has 1 aromatic carbocycles. The number of aliphatic hydroxyl groups is 1. The quantitative estimate of drug-likeness (QED) is 0.358. The molecule has 2 saturated heterocycles. The first-order chi connectivity index (χ1) is 19.8. The van der Waals surface area contributed by atoms with Crippen molar-refractivity contribution in [2.75, 3.05) is 54.9 Å². The van der Waals surface area contributed by atoms with Gasteiger partial charge in [-0.1, -0.05) is 32.0 Å². The van der Waals surface area contributed by atoms with Gasteiger partial charge in [0, 0.05) is 56.0 Å². The van der Waals surface area contributed by atoms with Gasteiger partial charge in [-0.3, -0.25) is 4.79 Å². The third kappa shape index (κ3) is 6.11.